The molecule has 5 heteroatoms. The second kappa shape index (κ2) is 6.50. The van der Waals surface area contributed by atoms with Crippen molar-refractivity contribution in [3.63, 3.8) is 0 Å². The van der Waals surface area contributed by atoms with Gasteiger partial charge in [-0.25, -0.2) is 0 Å². The first-order valence-corrected chi connectivity index (χ1v) is 8.29. The van der Waals surface area contributed by atoms with Crippen LogP contribution in [0.5, 0.6) is 0 Å². The van der Waals surface area contributed by atoms with Crippen LogP contribution in [0.25, 0.3) is 6.08 Å². The van der Waals surface area contributed by atoms with E-state index < -0.39 is 0 Å². The van der Waals surface area contributed by atoms with E-state index in [0.29, 0.717) is 11.4 Å². The molecule has 0 saturated carbocycles. The largest absolute Gasteiger partial charge is 0.293 e. The summed E-state index contributed by atoms with van der Waals surface area (Å²) in [6.45, 7) is 0.296. The van der Waals surface area contributed by atoms with Crippen molar-refractivity contribution in [2.24, 2.45) is 0 Å². The molecule has 0 aliphatic carbocycles. The van der Waals surface area contributed by atoms with Gasteiger partial charge in [0.05, 0.1) is 11.4 Å². The fourth-order valence-corrected chi connectivity index (χ4v) is 3.21. The van der Waals surface area contributed by atoms with Crippen LogP contribution < -0.4 is 0 Å². The fourth-order valence-electron chi connectivity index (χ4n) is 2.11. The highest BCUT2D eigenvalue weighted by molar-refractivity contribution is 9.10. The first-order chi connectivity index (χ1) is 10.6. The number of amides is 2. The van der Waals surface area contributed by atoms with E-state index in [1.165, 1.54) is 4.90 Å². The SMILES string of the molecule is O=C1S/C(=C/c2ccccc2)C(=O)N1Cc1ccc(Br)cc1. The molecule has 0 bridgehead atoms. The summed E-state index contributed by atoms with van der Waals surface area (Å²) in [7, 11) is 0. The molecule has 0 spiro atoms. The van der Waals surface area contributed by atoms with Gasteiger partial charge in [-0.3, -0.25) is 14.5 Å². The Hall–Kier alpha value is -1.85. The van der Waals surface area contributed by atoms with E-state index in [0.717, 1.165) is 27.4 Å². The molecule has 2 aromatic rings. The zero-order valence-corrected chi connectivity index (χ0v) is 13.9. The van der Waals surface area contributed by atoms with Gasteiger partial charge in [-0.05, 0) is 41.1 Å². The lowest BCUT2D eigenvalue weighted by Gasteiger charge is -2.12. The number of hydrogen-bond donors (Lipinski definition) is 0. The van der Waals surface area contributed by atoms with Crippen LogP contribution in [-0.2, 0) is 11.3 Å². The average molecular weight is 374 g/mol. The van der Waals surface area contributed by atoms with Crippen LogP contribution in [0.4, 0.5) is 4.79 Å². The van der Waals surface area contributed by atoms with Crippen LogP contribution >= 0.6 is 27.7 Å². The number of hydrogen-bond acceptors (Lipinski definition) is 3. The summed E-state index contributed by atoms with van der Waals surface area (Å²) in [5, 5.41) is -0.227. The van der Waals surface area contributed by atoms with Gasteiger partial charge < -0.3 is 0 Å². The molecule has 3 nitrogen and oxygen atoms in total. The highest BCUT2D eigenvalue weighted by Gasteiger charge is 2.34. The Bertz CT molecular complexity index is 741. The minimum Gasteiger partial charge on any atom is -0.268 e. The predicted octanol–water partition coefficient (Wildman–Crippen LogP) is 4.69. The van der Waals surface area contributed by atoms with Gasteiger partial charge in [-0.15, -0.1) is 0 Å². The zero-order chi connectivity index (χ0) is 15.5. The molecule has 2 amide bonds. The first kappa shape index (κ1) is 15.1. The Morgan fingerprint density at radius 1 is 1.00 bits per heavy atom. The topological polar surface area (TPSA) is 37.4 Å². The molecule has 1 aliphatic heterocycles. The van der Waals surface area contributed by atoms with Crippen molar-refractivity contribution < 1.29 is 9.59 Å². The number of carbonyl (C=O) groups is 2. The summed E-state index contributed by atoms with van der Waals surface area (Å²) in [6.07, 6.45) is 1.76. The number of thioether (sulfide) groups is 1. The van der Waals surface area contributed by atoms with Crippen molar-refractivity contribution in [1.82, 2.24) is 4.90 Å². The summed E-state index contributed by atoms with van der Waals surface area (Å²) in [6, 6.07) is 17.1. The minimum absolute atomic E-state index is 0.227. The van der Waals surface area contributed by atoms with Crippen molar-refractivity contribution in [1.29, 1.82) is 0 Å². The van der Waals surface area contributed by atoms with E-state index in [1.54, 1.807) is 6.08 Å². The molecule has 2 aromatic carbocycles. The maximum atomic E-state index is 12.4. The summed E-state index contributed by atoms with van der Waals surface area (Å²) in [4.78, 5) is 26.2. The molecule has 1 heterocycles. The molecule has 0 radical (unpaired) electrons. The third-order valence-corrected chi connectivity index (χ3v) is 4.66. The Morgan fingerprint density at radius 2 is 1.68 bits per heavy atom. The molecule has 0 unspecified atom stereocenters. The van der Waals surface area contributed by atoms with Crippen LogP contribution in [0.3, 0.4) is 0 Å². The van der Waals surface area contributed by atoms with E-state index in [9.17, 15) is 9.59 Å². The van der Waals surface area contributed by atoms with Gasteiger partial charge >= 0.3 is 0 Å². The standard InChI is InChI=1S/C17H12BrNO2S/c18-14-8-6-13(7-9-14)11-19-16(20)15(22-17(19)21)10-12-4-2-1-3-5-12/h1-10H,11H2/b15-10+. The molecule has 3 rings (SSSR count). The smallest absolute Gasteiger partial charge is 0.268 e. The summed E-state index contributed by atoms with van der Waals surface area (Å²) in [5.41, 5.74) is 1.84. The van der Waals surface area contributed by atoms with Gasteiger partial charge in [-0.1, -0.05) is 58.4 Å². The van der Waals surface area contributed by atoms with Crippen molar-refractivity contribution >= 4 is 44.9 Å². The van der Waals surface area contributed by atoms with E-state index in [1.807, 2.05) is 54.6 Å². The van der Waals surface area contributed by atoms with E-state index >= 15 is 0 Å². The lowest BCUT2D eigenvalue weighted by Crippen LogP contribution is -2.27. The molecule has 0 N–H and O–H groups in total. The highest BCUT2D eigenvalue weighted by Crippen LogP contribution is 2.33. The number of rotatable bonds is 3. The Balaban J connectivity index is 1.80. The van der Waals surface area contributed by atoms with Crippen molar-refractivity contribution in [2.75, 3.05) is 0 Å². The van der Waals surface area contributed by atoms with E-state index in [2.05, 4.69) is 15.9 Å². The number of nitrogens with zero attached hydrogens (tertiary/aromatic N) is 1. The molecule has 22 heavy (non-hydrogen) atoms. The quantitative estimate of drug-likeness (QED) is 0.732. The van der Waals surface area contributed by atoms with E-state index in [-0.39, 0.29) is 11.1 Å². The normalized spacial score (nSPS) is 16.6. The van der Waals surface area contributed by atoms with Gasteiger partial charge in [0.15, 0.2) is 0 Å². The molecule has 110 valence electrons. The van der Waals surface area contributed by atoms with Gasteiger partial charge in [0.2, 0.25) is 0 Å². The number of carbonyl (C=O) groups excluding carboxylic acids is 2. The maximum absolute atomic E-state index is 12.4. The van der Waals surface area contributed by atoms with Crippen LogP contribution in [0.15, 0.2) is 64.0 Å². The van der Waals surface area contributed by atoms with Crippen molar-refractivity contribution in [2.45, 2.75) is 6.54 Å². The fraction of sp³-hybridized carbons (Fsp3) is 0.0588. The van der Waals surface area contributed by atoms with Gasteiger partial charge in [0.25, 0.3) is 11.1 Å². The Morgan fingerprint density at radius 3 is 2.36 bits per heavy atom. The van der Waals surface area contributed by atoms with Crippen LogP contribution in [0, 0.1) is 0 Å². The lowest BCUT2D eigenvalue weighted by molar-refractivity contribution is -0.123. The lowest BCUT2D eigenvalue weighted by atomic mass is 10.2. The van der Waals surface area contributed by atoms with Gasteiger partial charge in [-0.2, -0.15) is 0 Å². The molecular formula is C17H12BrNO2S. The van der Waals surface area contributed by atoms with Crippen LogP contribution in [0.2, 0.25) is 0 Å². The zero-order valence-electron chi connectivity index (χ0n) is 11.5. The van der Waals surface area contributed by atoms with Crippen LogP contribution in [0.1, 0.15) is 11.1 Å². The average Bonchev–Trinajstić information content (AvgIpc) is 2.78. The van der Waals surface area contributed by atoms with E-state index in [4.69, 9.17) is 0 Å². The summed E-state index contributed by atoms with van der Waals surface area (Å²) < 4.78 is 0.967. The molecule has 1 aliphatic rings. The Labute approximate surface area is 141 Å². The second-order valence-electron chi connectivity index (χ2n) is 4.81. The van der Waals surface area contributed by atoms with Gasteiger partial charge in [0.1, 0.15) is 0 Å². The van der Waals surface area contributed by atoms with Gasteiger partial charge in [0, 0.05) is 4.47 Å². The Kier molecular flexibility index (Phi) is 4.45. The number of benzene rings is 2. The van der Waals surface area contributed by atoms with Crippen LogP contribution in [-0.4, -0.2) is 16.0 Å². The van der Waals surface area contributed by atoms with Crippen molar-refractivity contribution in [3.05, 3.63) is 75.1 Å². The molecule has 1 fully saturated rings. The predicted molar refractivity (Wildman–Crippen MR) is 92.1 cm³/mol. The summed E-state index contributed by atoms with van der Waals surface area (Å²) in [5.74, 6) is -0.234. The number of halogens is 1. The summed E-state index contributed by atoms with van der Waals surface area (Å²) >= 11 is 4.36. The minimum atomic E-state index is -0.234. The molecule has 0 atom stereocenters. The maximum Gasteiger partial charge on any atom is 0.293 e. The first-order valence-electron chi connectivity index (χ1n) is 6.68. The highest BCUT2D eigenvalue weighted by atomic mass is 79.9. The molecular weight excluding hydrogens is 362 g/mol. The third kappa shape index (κ3) is 3.31. The molecule has 1 saturated heterocycles. The second-order valence-corrected chi connectivity index (χ2v) is 6.71. The van der Waals surface area contributed by atoms with Crippen molar-refractivity contribution in [3.8, 4) is 0 Å². The third-order valence-electron chi connectivity index (χ3n) is 3.22. The monoisotopic (exact) mass is 373 g/mol. The number of imide groups is 1. The molecule has 0 aromatic heterocycles.